The molecule has 0 bridgehead atoms. The average Bonchev–Trinajstić information content (AvgIpc) is 3.86. The fraction of sp³-hybridized carbons (Fsp3) is 0.120. The van der Waals surface area contributed by atoms with E-state index in [1.165, 1.54) is 44.5 Å². The van der Waals surface area contributed by atoms with Crippen molar-refractivity contribution in [3.63, 3.8) is 0 Å². The number of nitriles is 2. The summed E-state index contributed by atoms with van der Waals surface area (Å²) in [6.45, 7) is 9.28. The molecule has 2 heterocycles. The van der Waals surface area contributed by atoms with Crippen molar-refractivity contribution in [2.45, 2.75) is 38.5 Å². The summed E-state index contributed by atoms with van der Waals surface area (Å²) in [7, 11) is 0. The molecule has 0 saturated heterocycles. The van der Waals surface area contributed by atoms with E-state index in [1.807, 2.05) is 6.07 Å². The highest BCUT2D eigenvalue weighted by Crippen LogP contribution is 2.55. The lowest BCUT2D eigenvalue weighted by molar-refractivity contribution is 0.663. The molecule has 54 heavy (non-hydrogen) atoms. The smallest absolute Gasteiger partial charge is 0.101 e. The van der Waals surface area contributed by atoms with E-state index in [2.05, 4.69) is 170 Å². The average molecular weight is 691 g/mol. The lowest BCUT2D eigenvalue weighted by Crippen LogP contribution is -2.18. The second-order valence-corrected chi connectivity index (χ2v) is 15.9. The van der Waals surface area contributed by atoms with Crippen molar-refractivity contribution >= 4 is 43.6 Å². The normalized spacial score (nSPS) is 14.6. The van der Waals surface area contributed by atoms with Gasteiger partial charge in [0, 0.05) is 32.4 Å². The maximum absolute atomic E-state index is 11.1. The maximum Gasteiger partial charge on any atom is 0.101 e. The van der Waals surface area contributed by atoms with Crippen LogP contribution in [0.1, 0.15) is 61.1 Å². The van der Waals surface area contributed by atoms with E-state index in [-0.39, 0.29) is 10.8 Å². The van der Waals surface area contributed by atoms with Crippen LogP contribution in [0.3, 0.4) is 0 Å². The van der Waals surface area contributed by atoms with Crippen molar-refractivity contribution in [1.82, 2.24) is 9.13 Å². The van der Waals surface area contributed by atoms with Gasteiger partial charge in [-0.1, -0.05) is 137 Å². The van der Waals surface area contributed by atoms with Crippen LogP contribution < -0.4 is 0 Å². The van der Waals surface area contributed by atoms with Gasteiger partial charge in [-0.05, 0) is 68.8 Å². The summed E-state index contributed by atoms with van der Waals surface area (Å²) in [6, 6.07) is 52.4. The first kappa shape index (κ1) is 30.7. The molecule has 0 N–H and O–H groups in total. The Hall–Kier alpha value is -6.88. The fourth-order valence-corrected chi connectivity index (χ4v) is 10.3. The van der Waals surface area contributed by atoms with E-state index < -0.39 is 0 Å². The fourth-order valence-electron chi connectivity index (χ4n) is 10.3. The van der Waals surface area contributed by atoms with Crippen LogP contribution in [-0.4, -0.2) is 9.13 Å². The molecule has 0 saturated carbocycles. The van der Waals surface area contributed by atoms with Crippen LogP contribution in [-0.2, 0) is 10.8 Å². The number of hydrogen-bond acceptors (Lipinski definition) is 2. The van der Waals surface area contributed by atoms with E-state index >= 15 is 0 Å². The van der Waals surface area contributed by atoms with E-state index in [0.717, 1.165) is 55.0 Å². The molecule has 2 aliphatic rings. The Bertz CT molecular complexity index is 3240. The predicted octanol–water partition coefficient (Wildman–Crippen LogP) is 12.2. The van der Waals surface area contributed by atoms with Crippen LogP contribution in [0.4, 0.5) is 0 Å². The molecule has 0 atom stereocenters. The first-order valence-electron chi connectivity index (χ1n) is 18.6. The molecule has 2 aromatic heterocycles. The predicted molar refractivity (Wildman–Crippen MR) is 220 cm³/mol. The summed E-state index contributed by atoms with van der Waals surface area (Å²) in [5.41, 5.74) is 16.2. The molecule has 4 nitrogen and oxygen atoms in total. The van der Waals surface area contributed by atoms with Gasteiger partial charge in [-0.25, -0.2) is 0 Å². The number of benzene rings is 7. The van der Waals surface area contributed by atoms with Crippen molar-refractivity contribution in [1.29, 1.82) is 10.5 Å². The standard InChI is InChI=1S/C50H34N4/c1-49(2)39-17-9-5-13-31(39)35-21-23-37-33-15-7-11-19-41(33)53(47(37)44(35)49)43-26-29(27-51)25-30(28-52)46(43)54-42-20-12-8-16-34(42)38-24-22-36-32-14-6-10-18-40(32)50(3,4)45(36)48(38)54/h5-26H,1-4H3. The van der Waals surface area contributed by atoms with Crippen LogP contribution in [0.5, 0.6) is 0 Å². The second-order valence-electron chi connectivity index (χ2n) is 15.9. The molecule has 2 aliphatic carbocycles. The number of nitrogens with zero attached hydrogens (tertiary/aromatic N) is 4. The molecule has 0 aliphatic heterocycles. The summed E-state index contributed by atoms with van der Waals surface area (Å²) in [5, 5.41) is 26.2. The second kappa shape index (κ2) is 10.4. The third-order valence-corrected chi connectivity index (χ3v) is 12.5. The minimum atomic E-state index is -0.305. The van der Waals surface area contributed by atoms with E-state index in [4.69, 9.17) is 0 Å². The van der Waals surface area contributed by atoms with E-state index in [1.54, 1.807) is 6.07 Å². The number of hydrogen-bond donors (Lipinski definition) is 0. The maximum atomic E-state index is 11.1. The van der Waals surface area contributed by atoms with Gasteiger partial charge < -0.3 is 9.13 Å². The van der Waals surface area contributed by atoms with Crippen molar-refractivity contribution in [2.24, 2.45) is 0 Å². The van der Waals surface area contributed by atoms with Gasteiger partial charge >= 0.3 is 0 Å². The Morgan fingerprint density at radius 1 is 0.463 bits per heavy atom. The number of para-hydroxylation sites is 2. The molecular weight excluding hydrogens is 657 g/mol. The molecule has 0 fully saturated rings. The highest BCUT2D eigenvalue weighted by molar-refractivity contribution is 6.15. The van der Waals surface area contributed by atoms with Crippen molar-refractivity contribution in [3.8, 4) is 45.8 Å². The van der Waals surface area contributed by atoms with Gasteiger partial charge in [-0.15, -0.1) is 0 Å². The van der Waals surface area contributed by atoms with Crippen LogP contribution in [0, 0.1) is 22.7 Å². The molecule has 0 spiro atoms. The third kappa shape index (κ3) is 3.65. The first-order chi connectivity index (χ1) is 26.3. The largest absolute Gasteiger partial charge is 0.307 e. The lowest BCUT2D eigenvalue weighted by atomic mass is 9.81. The van der Waals surface area contributed by atoms with Crippen LogP contribution in [0.2, 0.25) is 0 Å². The zero-order valence-corrected chi connectivity index (χ0v) is 30.5. The molecule has 9 aromatic rings. The van der Waals surface area contributed by atoms with Crippen molar-refractivity contribution < 1.29 is 0 Å². The summed E-state index contributed by atoms with van der Waals surface area (Å²) >= 11 is 0. The molecule has 0 amide bonds. The SMILES string of the molecule is CC1(C)c2ccccc2-c2ccc3c4ccccc4n(-c4cc(C#N)cc(C#N)c4-n4c5ccccc5c5ccc6c(c54)C(C)(C)c4ccccc4-6)c3c21. The molecule has 0 radical (unpaired) electrons. The van der Waals surface area contributed by atoms with Gasteiger partial charge in [-0.3, -0.25) is 0 Å². The van der Waals surface area contributed by atoms with Crippen LogP contribution in [0.25, 0.3) is 77.2 Å². The Morgan fingerprint density at radius 2 is 0.944 bits per heavy atom. The highest BCUT2D eigenvalue weighted by Gasteiger charge is 2.41. The summed E-state index contributed by atoms with van der Waals surface area (Å²) < 4.78 is 4.70. The topological polar surface area (TPSA) is 57.4 Å². The molecule has 7 aromatic carbocycles. The zero-order chi connectivity index (χ0) is 36.7. The Labute approximate surface area is 313 Å². The van der Waals surface area contributed by atoms with Gasteiger partial charge in [0.1, 0.15) is 6.07 Å². The number of fused-ring (bicyclic) bond motifs is 14. The first-order valence-corrected chi connectivity index (χ1v) is 18.6. The van der Waals surface area contributed by atoms with Gasteiger partial charge in [0.05, 0.1) is 50.6 Å². The molecular formula is C50H34N4. The minimum Gasteiger partial charge on any atom is -0.307 e. The molecule has 4 heteroatoms. The van der Waals surface area contributed by atoms with Gasteiger partial charge in [0.2, 0.25) is 0 Å². The Balaban J connectivity index is 1.37. The summed E-state index contributed by atoms with van der Waals surface area (Å²) in [6.07, 6.45) is 0. The van der Waals surface area contributed by atoms with E-state index in [0.29, 0.717) is 11.1 Å². The van der Waals surface area contributed by atoms with Crippen LogP contribution in [0.15, 0.2) is 133 Å². The van der Waals surface area contributed by atoms with Crippen molar-refractivity contribution in [2.75, 3.05) is 0 Å². The molecule has 11 rings (SSSR count). The Kier molecular flexibility index (Phi) is 5.90. The van der Waals surface area contributed by atoms with Gasteiger partial charge in [-0.2, -0.15) is 10.5 Å². The zero-order valence-electron chi connectivity index (χ0n) is 30.5. The lowest BCUT2D eigenvalue weighted by Gasteiger charge is -2.26. The number of aromatic nitrogens is 2. The molecule has 0 unspecified atom stereocenters. The summed E-state index contributed by atoms with van der Waals surface area (Å²) in [4.78, 5) is 0. The third-order valence-electron chi connectivity index (χ3n) is 12.5. The quantitative estimate of drug-likeness (QED) is 0.181. The van der Waals surface area contributed by atoms with Gasteiger partial charge in [0.25, 0.3) is 0 Å². The van der Waals surface area contributed by atoms with Gasteiger partial charge in [0.15, 0.2) is 0 Å². The van der Waals surface area contributed by atoms with Crippen LogP contribution >= 0.6 is 0 Å². The van der Waals surface area contributed by atoms with Crippen molar-refractivity contribution in [3.05, 3.63) is 167 Å². The summed E-state index contributed by atoms with van der Waals surface area (Å²) in [5.74, 6) is 0. The highest BCUT2D eigenvalue weighted by atomic mass is 15.1. The minimum absolute atomic E-state index is 0.300. The van der Waals surface area contributed by atoms with E-state index in [9.17, 15) is 10.5 Å². The Morgan fingerprint density at radius 3 is 1.48 bits per heavy atom. The monoisotopic (exact) mass is 690 g/mol. The number of rotatable bonds is 2. The molecule has 254 valence electrons.